The fourth-order valence-electron chi connectivity index (χ4n) is 3.32. The highest BCUT2D eigenvalue weighted by molar-refractivity contribution is 8.31. The lowest BCUT2D eigenvalue weighted by Gasteiger charge is -2.19. The molecule has 156 valence electrons. The van der Waals surface area contributed by atoms with Crippen molar-refractivity contribution in [1.82, 2.24) is 0 Å². The Kier molecular flexibility index (Phi) is 8.22. The lowest BCUT2D eigenvalue weighted by atomic mass is 10.0. The second kappa shape index (κ2) is 10.2. The molecule has 2 rings (SSSR count). The second-order valence-corrected chi connectivity index (χ2v) is 11.3. The number of sulfone groups is 2. The number of unbranched alkanes of at least 4 members (excludes halogenated alkanes) is 3. The van der Waals surface area contributed by atoms with Gasteiger partial charge in [-0.3, -0.25) is 0 Å². The maximum atomic E-state index is 12.8. The van der Waals surface area contributed by atoms with E-state index in [4.69, 9.17) is 4.74 Å². The normalized spacial score (nSPS) is 15.8. The van der Waals surface area contributed by atoms with Crippen LogP contribution in [0, 0.1) is 0 Å². The SMILES string of the molecule is CCCCCCOc1ccc(S(=O)(=O)C(=[N+]=[N-])S(=O)(=O)C2CCCCC2)cc1. The van der Waals surface area contributed by atoms with Crippen molar-refractivity contribution in [3.8, 4) is 5.75 Å². The van der Waals surface area contributed by atoms with Crippen molar-refractivity contribution in [3.63, 3.8) is 0 Å². The fourth-order valence-corrected chi connectivity index (χ4v) is 7.39. The van der Waals surface area contributed by atoms with Crippen LogP contribution in [0.3, 0.4) is 0 Å². The summed E-state index contributed by atoms with van der Waals surface area (Å²) in [7, 11) is -8.68. The zero-order chi connectivity index (χ0) is 20.6. The maximum absolute atomic E-state index is 12.8. The van der Waals surface area contributed by atoms with Crippen molar-refractivity contribution in [2.75, 3.05) is 6.61 Å². The van der Waals surface area contributed by atoms with Crippen molar-refractivity contribution in [2.45, 2.75) is 74.9 Å². The van der Waals surface area contributed by atoms with E-state index in [1.165, 1.54) is 24.3 Å². The summed E-state index contributed by atoms with van der Waals surface area (Å²) in [5, 5.41) is -0.826. The van der Waals surface area contributed by atoms with Gasteiger partial charge in [-0.1, -0.05) is 45.4 Å². The molecule has 1 aromatic rings. The summed E-state index contributed by atoms with van der Waals surface area (Å²) in [5.41, 5.74) is 9.24. The van der Waals surface area contributed by atoms with Gasteiger partial charge in [0, 0.05) is 0 Å². The number of hydrogen-bond acceptors (Lipinski definition) is 5. The third-order valence-electron chi connectivity index (χ3n) is 4.95. The molecule has 0 radical (unpaired) electrons. The van der Waals surface area contributed by atoms with Crippen LogP contribution in [-0.2, 0) is 19.7 Å². The van der Waals surface area contributed by atoms with Crippen LogP contribution >= 0.6 is 0 Å². The minimum atomic E-state index is -4.45. The van der Waals surface area contributed by atoms with Gasteiger partial charge in [-0.2, -0.15) is 0 Å². The fraction of sp³-hybridized carbons (Fsp3) is 0.632. The molecule has 0 N–H and O–H groups in total. The van der Waals surface area contributed by atoms with Crippen LogP contribution in [0.2, 0.25) is 0 Å². The first-order valence-electron chi connectivity index (χ1n) is 9.78. The highest BCUT2D eigenvalue weighted by atomic mass is 32.3. The van der Waals surface area contributed by atoms with Gasteiger partial charge >= 0.3 is 4.38 Å². The predicted molar refractivity (Wildman–Crippen MR) is 108 cm³/mol. The second-order valence-electron chi connectivity index (χ2n) is 7.05. The predicted octanol–water partition coefficient (Wildman–Crippen LogP) is 3.75. The number of rotatable bonds is 8. The van der Waals surface area contributed by atoms with Crippen LogP contribution in [0.1, 0.15) is 64.7 Å². The van der Waals surface area contributed by atoms with Crippen molar-refractivity contribution in [3.05, 3.63) is 29.8 Å². The molecule has 0 aliphatic heterocycles. The van der Waals surface area contributed by atoms with E-state index in [1.807, 2.05) is 0 Å². The van der Waals surface area contributed by atoms with Gasteiger partial charge in [-0.15, -0.1) is 4.79 Å². The average Bonchev–Trinajstić information content (AvgIpc) is 2.69. The molecule has 9 heteroatoms. The quantitative estimate of drug-likeness (QED) is 0.206. The van der Waals surface area contributed by atoms with E-state index in [1.54, 1.807) is 0 Å². The molecule has 0 atom stereocenters. The first kappa shape index (κ1) is 22.6. The number of nitrogens with zero attached hydrogens (tertiary/aromatic N) is 2. The van der Waals surface area contributed by atoms with Crippen LogP contribution in [0.25, 0.3) is 5.53 Å². The average molecular weight is 429 g/mol. The van der Waals surface area contributed by atoms with Gasteiger partial charge in [0.25, 0.3) is 19.7 Å². The number of hydrogen-bond donors (Lipinski definition) is 0. The summed E-state index contributed by atoms with van der Waals surface area (Å²) in [6.45, 7) is 2.66. The third-order valence-corrected chi connectivity index (χ3v) is 9.65. The van der Waals surface area contributed by atoms with E-state index in [-0.39, 0.29) is 4.90 Å². The lowest BCUT2D eigenvalue weighted by molar-refractivity contribution is 0.00370. The first-order valence-corrected chi connectivity index (χ1v) is 12.8. The molecule has 0 unspecified atom stereocenters. The Balaban J connectivity index is 2.14. The van der Waals surface area contributed by atoms with E-state index < -0.39 is 29.3 Å². The van der Waals surface area contributed by atoms with Crippen molar-refractivity contribution >= 4 is 24.1 Å². The van der Waals surface area contributed by atoms with Crippen molar-refractivity contribution < 1.29 is 26.4 Å². The molecule has 1 aliphatic rings. The van der Waals surface area contributed by atoms with Gasteiger partial charge in [0.1, 0.15) is 5.75 Å². The number of benzene rings is 1. The molecule has 1 saturated carbocycles. The molecule has 0 amide bonds. The Morgan fingerprint density at radius 3 is 2.25 bits per heavy atom. The van der Waals surface area contributed by atoms with E-state index in [2.05, 4.69) is 11.7 Å². The Morgan fingerprint density at radius 2 is 1.68 bits per heavy atom. The van der Waals surface area contributed by atoms with Crippen LogP contribution in [-0.4, -0.2) is 37.9 Å². The molecular weight excluding hydrogens is 400 g/mol. The molecule has 28 heavy (non-hydrogen) atoms. The van der Waals surface area contributed by atoms with Gasteiger partial charge in [-0.25, -0.2) is 16.8 Å². The largest absolute Gasteiger partial charge is 0.499 e. The Bertz CT molecular complexity index is 896. The molecule has 0 saturated heterocycles. The van der Waals surface area contributed by atoms with E-state index in [9.17, 15) is 22.4 Å². The Hall–Kier alpha value is -1.70. The first-order chi connectivity index (χ1) is 13.3. The Labute approximate surface area is 167 Å². The molecule has 0 heterocycles. The van der Waals surface area contributed by atoms with Crippen LogP contribution in [0.5, 0.6) is 5.75 Å². The van der Waals surface area contributed by atoms with E-state index in [0.29, 0.717) is 38.0 Å². The molecule has 1 aromatic carbocycles. The van der Waals surface area contributed by atoms with Gasteiger partial charge in [0.2, 0.25) is 0 Å². The summed E-state index contributed by atoms with van der Waals surface area (Å²) in [6.07, 6.45) is 7.35. The van der Waals surface area contributed by atoms with Gasteiger partial charge in [0.15, 0.2) is 0 Å². The van der Waals surface area contributed by atoms with Crippen molar-refractivity contribution in [1.29, 1.82) is 0 Å². The third kappa shape index (κ3) is 5.43. The summed E-state index contributed by atoms with van der Waals surface area (Å²) in [6, 6.07) is 5.51. The molecule has 1 fully saturated rings. The lowest BCUT2D eigenvalue weighted by Crippen LogP contribution is -2.35. The standard InChI is InChI=1S/C19H28N2O5S2/c1-2-3-4-8-15-26-16-11-13-18(14-12-16)28(24,25)19(21-20)27(22,23)17-9-6-5-7-10-17/h11-14,17H,2-10,15H2,1H3. The highest BCUT2D eigenvalue weighted by Crippen LogP contribution is 2.28. The van der Waals surface area contributed by atoms with Gasteiger partial charge < -0.3 is 10.3 Å². The van der Waals surface area contributed by atoms with Crippen LogP contribution in [0.4, 0.5) is 0 Å². The molecule has 0 spiro atoms. The monoisotopic (exact) mass is 428 g/mol. The highest BCUT2D eigenvalue weighted by Gasteiger charge is 2.47. The zero-order valence-corrected chi connectivity index (χ0v) is 17.8. The minimum absolute atomic E-state index is 0.238. The Morgan fingerprint density at radius 1 is 1.04 bits per heavy atom. The zero-order valence-electron chi connectivity index (χ0n) is 16.2. The summed E-state index contributed by atoms with van der Waals surface area (Å²) in [4.78, 5) is 2.46. The smallest absolute Gasteiger partial charge is 0.494 e. The summed E-state index contributed by atoms with van der Waals surface area (Å²) in [5.74, 6) is 0.507. The van der Waals surface area contributed by atoms with Crippen molar-refractivity contribution in [2.24, 2.45) is 0 Å². The molecular formula is C19H28N2O5S2. The molecule has 0 aromatic heterocycles. The van der Waals surface area contributed by atoms with Gasteiger partial charge in [0.05, 0.1) is 16.8 Å². The molecule has 7 nitrogen and oxygen atoms in total. The van der Waals surface area contributed by atoms with Gasteiger partial charge in [-0.05, 0) is 43.5 Å². The van der Waals surface area contributed by atoms with Crippen LogP contribution < -0.4 is 4.74 Å². The van der Waals surface area contributed by atoms with Crippen LogP contribution in [0.15, 0.2) is 29.2 Å². The maximum Gasteiger partial charge on any atom is 0.499 e. The summed E-state index contributed by atoms with van der Waals surface area (Å²) < 4.78 is 55.5. The molecule has 1 aliphatic carbocycles. The molecule has 0 bridgehead atoms. The summed E-state index contributed by atoms with van der Waals surface area (Å²) >= 11 is 0. The van der Waals surface area contributed by atoms with E-state index >= 15 is 0 Å². The topological polar surface area (TPSA) is 114 Å². The number of ether oxygens (including phenoxy) is 1. The van der Waals surface area contributed by atoms with E-state index in [0.717, 1.165) is 32.1 Å². The minimum Gasteiger partial charge on any atom is -0.494 e.